The minimum atomic E-state index is -0.928. The highest BCUT2D eigenvalue weighted by molar-refractivity contribution is 5.83. The largest absolute Gasteiger partial charge is 0.480 e. The summed E-state index contributed by atoms with van der Waals surface area (Å²) >= 11 is 0. The van der Waals surface area contributed by atoms with Crippen LogP contribution >= 0.6 is 0 Å². The number of carbonyl (C=O) groups is 2. The van der Waals surface area contributed by atoms with Crippen LogP contribution in [0.4, 0.5) is 0 Å². The highest BCUT2D eigenvalue weighted by Crippen LogP contribution is 2.20. The minimum Gasteiger partial charge on any atom is -0.480 e. The fourth-order valence-corrected chi connectivity index (χ4v) is 2.80. The van der Waals surface area contributed by atoms with Crippen molar-refractivity contribution in [2.24, 2.45) is 5.92 Å². The van der Waals surface area contributed by atoms with Crippen molar-refractivity contribution in [3.8, 4) is 0 Å². The van der Waals surface area contributed by atoms with E-state index < -0.39 is 12.0 Å². The first-order valence-electron chi connectivity index (χ1n) is 7.03. The van der Waals surface area contributed by atoms with Gasteiger partial charge in [0.15, 0.2) is 0 Å². The highest BCUT2D eigenvalue weighted by Gasteiger charge is 2.31. The molecule has 0 aliphatic carbocycles. The van der Waals surface area contributed by atoms with Gasteiger partial charge in [-0.25, -0.2) is 4.79 Å². The Balaban J connectivity index is 2.63. The molecule has 1 saturated heterocycles. The number of nitrogens with zero attached hydrogens (tertiary/aromatic N) is 2. The van der Waals surface area contributed by atoms with E-state index in [9.17, 15) is 14.7 Å². The van der Waals surface area contributed by atoms with Gasteiger partial charge in [-0.05, 0) is 32.4 Å². The topological polar surface area (TPSA) is 60.9 Å². The molecule has 2 atom stereocenters. The number of aliphatic carboxylic acids is 1. The first-order valence-corrected chi connectivity index (χ1v) is 7.03. The van der Waals surface area contributed by atoms with Crippen LogP contribution in [0.25, 0.3) is 0 Å². The molecule has 0 aromatic carbocycles. The van der Waals surface area contributed by atoms with Gasteiger partial charge < -0.3 is 14.9 Å². The van der Waals surface area contributed by atoms with Gasteiger partial charge in [0, 0.05) is 19.5 Å². The summed E-state index contributed by atoms with van der Waals surface area (Å²) in [6.07, 6.45) is 3.78. The van der Waals surface area contributed by atoms with E-state index >= 15 is 0 Å². The number of likely N-dealkylation sites (N-methyl/N-ethyl adjacent to an activating group) is 1. The molecular weight excluding hydrogens is 244 g/mol. The molecule has 110 valence electrons. The van der Waals surface area contributed by atoms with E-state index in [-0.39, 0.29) is 17.9 Å². The summed E-state index contributed by atoms with van der Waals surface area (Å²) in [5, 5.41) is 9.22. The van der Waals surface area contributed by atoms with Gasteiger partial charge in [0.2, 0.25) is 5.91 Å². The van der Waals surface area contributed by atoms with Crippen molar-refractivity contribution >= 4 is 11.9 Å². The summed E-state index contributed by atoms with van der Waals surface area (Å²) < 4.78 is 0. The van der Waals surface area contributed by atoms with Crippen LogP contribution < -0.4 is 0 Å². The van der Waals surface area contributed by atoms with E-state index in [2.05, 4.69) is 4.90 Å². The van der Waals surface area contributed by atoms with E-state index in [0.717, 1.165) is 19.4 Å². The fourth-order valence-electron chi connectivity index (χ4n) is 2.80. The molecule has 1 N–H and O–H groups in total. The lowest BCUT2D eigenvalue weighted by molar-refractivity contribution is -0.151. The summed E-state index contributed by atoms with van der Waals surface area (Å²) in [7, 11) is 3.64. The monoisotopic (exact) mass is 270 g/mol. The second-order valence-electron chi connectivity index (χ2n) is 5.87. The highest BCUT2D eigenvalue weighted by atomic mass is 16.4. The summed E-state index contributed by atoms with van der Waals surface area (Å²) in [6, 6.07) is -0.480. The lowest BCUT2D eigenvalue weighted by atomic mass is 9.98. The Hall–Kier alpha value is -1.10. The smallest absolute Gasteiger partial charge is 0.326 e. The Kier molecular flexibility index (Phi) is 5.79. The molecule has 1 aliphatic rings. The zero-order valence-corrected chi connectivity index (χ0v) is 12.4. The summed E-state index contributed by atoms with van der Waals surface area (Å²) in [4.78, 5) is 27.1. The van der Waals surface area contributed by atoms with E-state index in [0.29, 0.717) is 6.42 Å². The number of carbonyl (C=O) groups excluding carboxylic acids is 1. The van der Waals surface area contributed by atoms with Gasteiger partial charge in [-0.15, -0.1) is 0 Å². The molecule has 1 aliphatic heterocycles. The van der Waals surface area contributed by atoms with Gasteiger partial charge in [-0.2, -0.15) is 0 Å². The maximum absolute atomic E-state index is 12.2. The first-order chi connectivity index (χ1) is 8.84. The molecular formula is C14H26N2O3. The van der Waals surface area contributed by atoms with Gasteiger partial charge in [0.25, 0.3) is 0 Å². The van der Waals surface area contributed by atoms with Crippen LogP contribution in [0.15, 0.2) is 0 Å². The second-order valence-corrected chi connectivity index (χ2v) is 5.87. The molecule has 0 radical (unpaired) electrons. The molecule has 1 rings (SSSR count). The predicted octanol–water partition coefficient (Wildman–Crippen LogP) is 1.43. The summed E-state index contributed by atoms with van der Waals surface area (Å²) in [6.45, 7) is 4.68. The molecule has 19 heavy (non-hydrogen) atoms. The lowest BCUT2D eigenvalue weighted by Crippen LogP contribution is -2.48. The quantitative estimate of drug-likeness (QED) is 0.821. The van der Waals surface area contributed by atoms with Crippen LogP contribution in [0.5, 0.6) is 0 Å². The molecule has 0 bridgehead atoms. The number of amides is 1. The Morgan fingerprint density at radius 2 is 2.00 bits per heavy atom. The van der Waals surface area contributed by atoms with Crippen molar-refractivity contribution in [1.82, 2.24) is 9.80 Å². The first kappa shape index (κ1) is 16.0. The second kappa shape index (κ2) is 6.89. The van der Waals surface area contributed by atoms with E-state index in [4.69, 9.17) is 0 Å². The molecule has 0 saturated carbocycles. The van der Waals surface area contributed by atoms with E-state index in [1.54, 1.807) is 7.05 Å². The van der Waals surface area contributed by atoms with Crippen molar-refractivity contribution in [3.05, 3.63) is 0 Å². The van der Waals surface area contributed by atoms with Crippen molar-refractivity contribution in [1.29, 1.82) is 0 Å². The minimum absolute atomic E-state index is 0.0696. The van der Waals surface area contributed by atoms with Crippen LogP contribution in [-0.4, -0.2) is 59.5 Å². The zero-order valence-electron chi connectivity index (χ0n) is 12.4. The number of carboxylic acids is 1. The predicted molar refractivity (Wildman–Crippen MR) is 73.9 cm³/mol. The number of likely N-dealkylation sites (tertiary alicyclic amines) is 1. The average Bonchev–Trinajstić information content (AvgIpc) is 2.31. The third-order valence-electron chi connectivity index (χ3n) is 4.03. The van der Waals surface area contributed by atoms with E-state index in [1.165, 1.54) is 11.3 Å². The Bertz CT molecular complexity index is 331. The number of piperidine rings is 1. The number of rotatable bonds is 5. The molecule has 5 heteroatoms. The van der Waals surface area contributed by atoms with Crippen molar-refractivity contribution in [2.75, 3.05) is 20.6 Å². The lowest BCUT2D eigenvalue weighted by Gasteiger charge is -2.34. The molecule has 5 nitrogen and oxygen atoms in total. The maximum atomic E-state index is 12.2. The molecule has 0 spiro atoms. The third kappa shape index (κ3) is 4.20. The van der Waals surface area contributed by atoms with Crippen LogP contribution in [0.3, 0.4) is 0 Å². The van der Waals surface area contributed by atoms with Crippen LogP contribution in [0.2, 0.25) is 0 Å². The van der Waals surface area contributed by atoms with Gasteiger partial charge in [-0.3, -0.25) is 4.79 Å². The van der Waals surface area contributed by atoms with Crippen molar-refractivity contribution < 1.29 is 14.7 Å². The maximum Gasteiger partial charge on any atom is 0.326 e. The van der Waals surface area contributed by atoms with Gasteiger partial charge in [0.05, 0.1) is 0 Å². The molecule has 1 fully saturated rings. The average molecular weight is 270 g/mol. The summed E-state index contributed by atoms with van der Waals surface area (Å²) in [5.41, 5.74) is 0. The Labute approximate surface area is 115 Å². The number of hydrogen-bond donors (Lipinski definition) is 1. The van der Waals surface area contributed by atoms with E-state index in [1.807, 2.05) is 20.9 Å². The summed E-state index contributed by atoms with van der Waals surface area (Å²) in [5.74, 6) is -1.08. The van der Waals surface area contributed by atoms with Gasteiger partial charge >= 0.3 is 5.97 Å². The normalized spacial score (nSPS) is 22.3. The molecule has 1 amide bonds. The van der Waals surface area contributed by atoms with Gasteiger partial charge in [-0.1, -0.05) is 20.3 Å². The third-order valence-corrected chi connectivity index (χ3v) is 4.03. The molecule has 0 aromatic rings. The number of hydrogen-bond acceptors (Lipinski definition) is 3. The van der Waals surface area contributed by atoms with Crippen LogP contribution in [-0.2, 0) is 9.59 Å². The molecule has 1 heterocycles. The Morgan fingerprint density at radius 3 is 2.47 bits per heavy atom. The SMILES string of the molecule is CC(C)C(C(=O)O)N(C)C(=O)CC1CCCCN1C. The number of carboxylic acid groups (broad SMARTS) is 1. The Morgan fingerprint density at radius 1 is 1.37 bits per heavy atom. The zero-order chi connectivity index (χ0) is 14.6. The van der Waals surface area contributed by atoms with Crippen molar-refractivity contribution in [2.45, 2.75) is 51.6 Å². The fraction of sp³-hybridized carbons (Fsp3) is 0.857. The standard InChI is InChI=1S/C14H26N2O3/c1-10(2)13(14(18)19)16(4)12(17)9-11-7-5-6-8-15(11)3/h10-11,13H,5-9H2,1-4H3,(H,18,19). The van der Waals surface area contributed by atoms with Crippen molar-refractivity contribution in [3.63, 3.8) is 0 Å². The molecule has 2 unspecified atom stereocenters. The van der Waals surface area contributed by atoms with Crippen LogP contribution in [0, 0.1) is 5.92 Å². The van der Waals surface area contributed by atoms with Gasteiger partial charge in [0.1, 0.15) is 6.04 Å². The van der Waals surface area contributed by atoms with Crippen LogP contribution in [0.1, 0.15) is 39.5 Å². The molecule has 0 aromatic heterocycles.